The van der Waals surface area contributed by atoms with Crippen molar-refractivity contribution in [2.75, 3.05) is 7.11 Å². The summed E-state index contributed by atoms with van der Waals surface area (Å²) in [6, 6.07) is 8.05. The van der Waals surface area contributed by atoms with Gasteiger partial charge in [0.2, 0.25) is 0 Å². The number of nitro benzene ring substituents is 1. The number of hydrogen-bond acceptors (Lipinski definition) is 5. The Morgan fingerprint density at radius 2 is 1.88 bits per heavy atom. The number of methoxy groups -OCH3 is 1. The quantitative estimate of drug-likeness (QED) is 0.497. The first kappa shape index (κ1) is 16.4. The van der Waals surface area contributed by atoms with Gasteiger partial charge in [0.1, 0.15) is 5.75 Å². The minimum absolute atomic E-state index is 0.0527. The van der Waals surface area contributed by atoms with Gasteiger partial charge in [-0.15, -0.1) is 0 Å². The molecule has 0 unspecified atom stereocenters. The summed E-state index contributed by atoms with van der Waals surface area (Å²) >= 11 is 12.1. The van der Waals surface area contributed by atoms with Gasteiger partial charge < -0.3 is 9.47 Å². The molecule has 3 aromatic rings. The van der Waals surface area contributed by atoms with Gasteiger partial charge in [-0.05, 0) is 12.1 Å². The van der Waals surface area contributed by atoms with Gasteiger partial charge >= 0.3 is 0 Å². The zero-order chi connectivity index (χ0) is 17.4. The number of ether oxygens (including phenoxy) is 2. The van der Waals surface area contributed by atoms with E-state index >= 15 is 0 Å². The molecule has 0 radical (unpaired) electrons. The zero-order valence-electron chi connectivity index (χ0n) is 12.6. The minimum Gasteiger partial charge on any atom is -0.468 e. The van der Waals surface area contributed by atoms with E-state index in [1.54, 1.807) is 22.8 Å². The van der Waals surface area contributed by atoms with Gasteiger partial charge in [-0.25, -0.2) is 0 Å². The number of non-ortho nitro benzene ring substituents is 1. The van der Waals surface area contributed by atoms with Crippen molar-refractivity contribution in [2.24, 2.45) is 7.05 Å². The molecule has 0 aliphatic rings. The van der Waals surface area contributed by atoms with Gasteiger partial charge in [0.25, 0.3) is 11.7 Å². The Bertz CT molecular complexity index is 932. The summed E-state index contributed by atoms with van der Waals surface area (Å²) in [4.78, 5) is 14.5. The molecule has 0 saturated heterocycles. The van der Waals surface area contributed by atoms with Gasteiger partial charge in [0, 0.05) is 25.2 Å². The highest BCUT2D eigenvalue weighted by molar-refractivity contribution is 6.37. The SMILES string of the molecule is COc1nc2ccc(Oc3c(Cl)cc([N+](=O)[O-])cc3Cl)cc2n1C. The summed E-state index contributed by atoms with van der Waals surface area (Å²) in [6.07, 6.45) is 0. The van der Waals surface area contributed by atoms with Crippen LogP contribution in [-0.2, 0) is 7.05 Å². The van der Waals surface area contributed by atoms with E-state index in [0.717, 1.165) is 11.0 Å². The molecule has 1 heterocycles. The van der Waals surface area contributed by atoms with Crippen LogP contribution < -0.4 is 9.47 Å². The first-order valence-electron chi connectivity index (χ1n) is 6.72. The smallest absolute Gasteiger partial charge is 0.296 e. The van der Waals surface area contributed by atoms with E-state index in [1.165, 1.54) is 19.2 Å². The third-order valence-corrected chi connectivity index (χ3v) is 3.97. The van der Waals surface area contributed by atoms with Gasteiger partial charge in [0.15, 0.2) is 5.75 Å². The van der Waals surface area contributed by atoms with Crippen LogP contribution in [0, 0.1) is 10.1 Å². The molecule has 9 heteroatoms. The zero-order valence-corrected chi connectivity index (χ0v) is 14.1. The molecule has 124 valence electrons. The standard InChI is InChI=1S/C15H11Cl2N3O4/c1-19-13-7-9(3-4-12(13)18-15(19)23-2)24-14-10(16)5-8(20(21)22)6-11(14)17/h3-7H,1-2H3. The maximum absolute atomic E-state index is 10.8. The molecule has 0 amide bonds. The Hall–Kier alpha value is -2.51. The van der Waals surface area contributed by atoms with Crippen LogP contribution in [0.2, 0.25) is 10.0 Å². The second-order valence-corrected chi connectivity index (χ2v) is 5.72. The summed E-state index contributed by atoms with van der Waals surface area (Å²) in [5, 5.41) is 10.9. The van der Waals surface area contributed by atoms with Crippen LogP contribution in [0.4, 0.5) is 5.69 Å². The molecule has 0 spiro atoms. The molecule has 2 aromatic carbocycles. The summed E-state index contributed by atoms with van der Waals surface area (Å²) in [5.41, 5.74) is 1.32. The lowest BCUT2D eigenvalue weighted by atomic mass is 10.2. The maximum atomic E-state index is 10.8. The Morgan fingerprint density at radius 1 is 1.21 bits per heavy atom. The van der Waals surface area contributed by atoms with E-state index in [2.05, 4.69) is 4.98 Å². The summed E-state index contributed by atoms with van der Waals surface area (Å²) < 4.78 is 12.6. The molecule has 7 nitrogen and oxygen atoms in total. The number of nitrogens with zero attached hydrogens (tertiary/aromatic N) is 3. The molecule has 0 saturated carbocycles. The number of aryl methyl sites for hydroxylation is 1. The maximum Gasteiger partial charge on any atom is 0.296 e. The number of rotatable bonds is 4. The molecule has 0 fully saturated rings. The molecule has 0 aliphatic carbocycles. The van der Waals surface area contributed by atoms with Crippen molar-refractivity contribution in [2.45, 2.75) is 0 Å². The van der Waals surface area contributed by atoms with E-state index in [1.807, 2.05) is 7.05 Å². The fraction of sp³-hybridized carbons (Fsp3) is 0.133. The number of hydrogen-bond donors (Lipinski definition) is 0. The summed E-state index contributed by atoms with van der Waals surface area (Å²) in [6.45, 7) is 0. The highest BCUT2D eigenvalue weighted by atomic mass is 35.5. The highest BCUT2D eigenvalue weighted by Gasteiger charge is 2.17. The topological polar surface area (TPSA) is 79.4 Å². The van der Waals surface area contributed by atoms with Crippen LogP contribution in [0.25, 0.3) is 11.0 Å². The van der Waals surface area contributed by atoms with Crippen LogP contribution in [0.3, 0.4) is 0 Å². The Morgan fingerprint density at radius 3 is 2.46 bits per heavy atom. The largest absolute Gasteiger partial charge is 0.468 e. The van der Waals surface area contributed by atoms with Crippen LogP contribution in [-0.4, -0.2) is 21.6 Å². The van der Waals surface area contributed by atoms with Crippen LogP contribution in [0.5, 0.6) is 17.5 Å². The Kier molecular flexibility index (Phi) is 4.21. The molecule has 0 atom stereocenters. The summed E-state index contributed by atoms with van der Waals surface area (Å²) in [5.74, 6) is 0.614. The number of nitro groups is 1. The van der Waals surface area contributed by atoms with Crippen molar-refractivity contribution in [1.29, 1.82) is 0 Å². The molecule has 1 aromatic heterocycles. The second kappa shape index (κ2) is 6.18. The van der Waals surface area contributed by atoms with Crippen molar-refractivity contribution < 1.29 is 14.4 Å². The number of halogens is 2. The molecule has 0 bridgehead atoms. The van der Waals surface area contributed by atoms with Crippen LogP contribution in [0.1, 0.15) is 0 Å². The van der Waals surface area contributed by atoms with Crippen molar-refractivity contribution in [3.8, 4) is 17.5 Å². The molecular weight excluding hydrogens is 357 g/mol. The first-order chi connectivity index (χ1) is 11.4. The van der Waals surface area contributed by atoms with Crippen LogP contribution in [0.15, 0.2) is 30.3 Å². The fourth-order valence-electron chi connectivity index (χ4n) is 2.26. The van der Waals surface area contributed by atoms with Crippen molar-refractivity contribution in [3.05, 3.63) is 50.5 Å². The van der Waals surface area contributed by atoms with Gasteiger partial charge in [-0.3, -0.25) is 14.7 Å². The highest BCUT2D eigenvalue weighted by Crippen LogP contribution is 2.40. The summed E-state index contributed by atoms with van der Waals surface area (Å²) in [7, 11) is 3.35. The van der Waals surface area contributed by atoms with Crippen molar-refractivity contribution in [1.82, 2.24) is 9.55 Å². The van der Waals surface area contributed by atoms with Crippen LogP contribution >= 0.6 is 23.2 Å². The van der Waals surface area contributed by atoms with Gasteiger partial charge in [-0.1, -0.05) is 23.2 Å². The normalized spacial score (nSPS) is 10.8. The van der Waals surface area contributed by atoms with E-state index in [0.29, 0.717) is 11.8 Å². The van der Waals surface area contributed by atoms with E-state index in [-0.39, 0.29) is 21.5 Å². The van der Waals surface area contributed by atoms with Crippen molar-refractivity contribution >= 4 is 39.9 Å². The lowest BCUT2D eigenvalue weighted by Crippen LogP contribution is -1.94. The van der Waals surface area contributed by atoms with E-state index < -0.39 is 4.92 Å². The molecular formula is C15H11Cl2N3O4. The average Bonchev–Trinajstić information content (AvgIpc) is 2.86. The number of imidazole rings is 1. The second-order valence-electron chi connectivity index (χ2n) is 4.91. The number of fused-ring (bicyclic) bond motifs is 1. The van der Waals surface area contributed by atoms with Gasteiger partial charge in [0.05, 0.1) is 33.1 Å². The monoisotopic (exact) mass is 367 g/mol. The number of aromatic nitrogens is 2. The van der Waals surface area contributed by atoms with Crippen molar-refractivity contribution in [3.63, 3.8) is 0 Å². The third kappa shape index (κ3) is 2.83. The first-order valence-corrected chi connectivity index (χ1v) is 7.48. The molecule has 0 N–H and O–H groups in total. The average molecular weight is 368 g/mol. The molecule has 24 heavy (non-hydrogen) atoms. The predicted octanol–water partition coefficient (Wildman–Crippen LogP) is 4.59. The lowest BCUT2D eigenvalue weighted by molar-refractivity contribution is -0.384. The van der Waals surface area contributed by atoms with E-state index in [4.69, 9.17) is 32.7 Å². The minimum atomic E-state index is -0.574. The lowest BCUT2D eigenvalue weighted by Gasteiger charge is -2.10. The third-order valence-electron chi connectivity index (χ3n) is 3.41. The molecule has 0 aliphatic heterocycles. The van der Waals surface area contributed by atoms with Gasteiger partial charge in [-0.2, -0.15) is 4.98 Å². The molecule has 3 rings (SSSR count). The Labute approximate surface area is 146 Å². The number of benzene rings is 2. The fourth-order valence-corrected chi connectivity index (χ4v) is 2.81. The predicted molar refractivity (Wildman–Crippen MR) is 90.5 cm³/mol. The Balaban J connectivity index is 2.01. The van der Waals surface area contributed by atoms with E-state index in [9.17, 15) is 10.1 Å².